The number of ether oxygens (including phenoxy) is 1. The third-order valence-corrected chi connectivity index (χ3v) is 5.40. The molecular formula is C19H24N2O4S. The van der Waals surface area contributed by atoms with Crippen LogP contribution in [0.15, 0.2) is 59.5 Å². The molecule has 0 saturated heterocycles. The van der Waals surface area contributed by atoms with Gasteiger partial charge in [-0.05, 0) is 49.7 Å². The first kappa shape index (κ1) is 19.9. The van der Waals surface area contributed by atoms with Crippen molar-refractivity contribution < 1.29 is 17.9 Å². The van der Waals surface area contributed by atoms with Crippen LogP contribution in [0.4, 0.5) is 0 Å². The Bertz CT molecular complexity index is 805. The monoisotopic (exact) mass is 376 g/mol. The summed E-state index contributed by atoms with van der Waals surface area (Å²) in [5.41, 5.74) is 0.396. The molecule has 1 amide bonds. The van der Waals surface area contributed by atoms with E-state index >= 15 is 0 Å². The maximum atomic E-state index is 12.2. The predicted octanol–water partition coefficient (Wildman–Crippen LogP) is 2.57. The Hall–Kier alpha value is -2.38. The second kappa shape index (κ2) is 9.35. The van der Waals surface area contributed by atoms with Crippen molar-refractivity contribution in [3.05, 3.63) is 60.2 Å². The van der Waals surface area contributed by atoms with Crippen LogP contribution in [0.5, 0.6) is 5.75 Å². The van der Waals surface area contributed by atoms with Crippen molar-refractivity contribution in [2.24, 2.45) is 0 Å². The quantitative estimate of drug-likeness (QED) is 0.659. The number of nitrogens with one attached hydrogen (secondary N) is 2. The summed E-state index contributed by atoms with van der Waals surface area (Å²) >= 11 is 0. The van der Waals surface area contributed by atoms with Crippen LogP contribution in [0.1, 0.15) is 30.6 Å². The zero-order valence-corrected chi connectivity index (χ0v) is 15.8. The average Bonchev–Trinajstić information content (AvgIpc) is 2.65. The van der Waals surface area contributed by atoms with Crippen LogP contribution in [-0.2, 0) is 10.0 Å². The number of hydrogen-bond donors (Lipinski definition) is 2. The highest BCUT2D eigenvalue weighted by molar-refractivity contribution is 7.89. The molecule has 26 heavy (non-hydrogen) atoms. The molecule has 2 aromatic carbocycles. The SMILES string of the molecule is CCC(C)NS(=O)(=O)c1ccc(C(=O)NCCOc2ccccc2)cc1. The van der Waals surface area contributed by atoms with Crippen molar-refractivity contribution in [1.82, 2.24) is 10.0 Å². The summed E-state index contributed by atoms with van der Waals surface area (Å²) in [4.78, 5) is 12.2. The second-order valence-electron chi connectivity index (χ2n) is 5.87. The lowest BCUT2D eigenvalue weighted by atomic mass is 10.2. The molecule has 6 nitrogen and oxygen atoms in total. The van der Waals surface area contributed by atoms with Crippen LogP contribution in [0, 0.1) is 0 Å². The van der Waals surface area contributed by atoms with Gasteiger partial charge in [-0.3, -0.25) is 4.79 Å². The molecule has 7 heteroatoms. The Morgan fingerprint density at radius 3 is 2.35 bits per heavy atom. The zero-order valence-electron chi connectivity index (χ0n) is 14.9. The fraction of sp³-hybridized carbons (Fsp3) is 0.316. The molecule has 0 fully saturated rings. The number of hydrogen-bond acceptors (Lipinski definition) is 4. The minimum Gasteiger partial charge on any atom is -0.492 e. The highest BCUT2D eigenvalue weighted by atomic mass is 32.2. The van der Waals surface area contributed by atoms with Crippen molar-refractivity contribution in [1.29, 1.82) is 0 Å². The third kappa shape index (κ3) is 5.86. The summed E-state index contributed by atoms with van der Waals surface area (Å²) in [5.74, 6) is 0.464. The second-order valence-corrected chi connectivity index (χ2v) is 7.59. The van der Waals surface area contributed by atoms with Gasteiger partial charge in [-0.2, -0.15) is 0 Å². The van der Waals surface area contributed by atoms with Crippen LogP contribution >= 0.6 is 0 Å². The first-order chi connectivity index (χ1) is 12.4. The summed E-state index contributed by atoms with van der Waals surface area (Å²) in [7, 11) is -3.57. The molecule has 0 aliphatic carbocycles. The lowest BCUT2D eigenvalue weighted by molar-refractivity contribution is 0.0947. The number of sulfonamides is 1. The van der Waals surface area contributed by atoms with E-state index in [1.165, 1.54) is 24.3 Å². The molecule has 2 rings (SSSR count). The largest absolute Gasteiger partial charge is 0.492 e. The Morgan fingerprint density at radius 1 is 1.08 bits per heavy atom. The molecule has 0 saturated carbocycles. The summed E-state index contributed by atoms with van der Waals surface area (Å²) in [5, 5.41) is 2.74. The van der Waals surface area contributed by atoms with Crippen LogP contribution in [0.25, 0.3) is 0 Å². The van der Waals surface area contributed by atoms with Gasteiger partial charge in [-0.15, -0.1) is 0 Å². The smallest absolute Gasteiger partial charge is 0.251 e. The normalized spacial score (nSPS) is 12.4. The molecule has 1 atom stereocenters. The van der Waals surface area contributed by atoms with E-state index in [2.05, 4.69) is 10.0 Å². The van der Waals surface area contributed by atoms with Gasteiger partial charge in [-0.1, -0.05) is 25.1 Å². The van der Waals surface area contributed by atoms with E-state index in [1.807, 2.05) is 37.3 Å². The number of benzene rings is 2. The van der Waals surface area contributed by atoms with Crippen LogP contribution in [0.2, 0.25) is 0 Å². The molecule has 2 N–H and O–H groups in total. The maximum absolute atomic E-state index is 12.2. The lowest BCUT2D eigenvalue weighted by Crippen LogP contribution is -2.32. The number of amides is 1. The Kier molecular flexibility index (Phi) is 7.17. The first-order valence-corrected chi connectivity index (χ1v) is 9.99. The van der Waals surface area contributed by atoms with Gasteiger partial charge in [-0.25, -0.2) is 13.1 Å². The van der Waals surface area contributed by atoms with Crippen molar-refractivity contribution >= 4 is 15.9 Å². The van der Waals surface area contributed by atoms with Crippen molar-refractivity contribution in [3.63, 3.8) is 0 Å². The fourth-order valence-electron chi connectivity index (χ4n) is 2.15. The Morgan fingerprint density at radius 2 is 1.73 bits per heavy atom. The highest BCUT2D eigenvalue weighted by Crippen LogP contribution is 2.12. The summed E-state index contributed by atoms with van der Waals surface area (Å²) < 4.78 is 32.5. The van der Waals surface area contributed by atoms with Crippen molar-refractivity contribution in [2.45, 2.75) is 31.2 Å². The molecule has 0 spiro atoms. The Labute approximate surface area is 154 Å². The van der Waals surface area contributed by atoms with E-state index in [9.17, 15) is 13.2 Å². The third-order valence-electron chi connectivity index (χ3n) is 3.80. The standard InChI is InChI=1S/C19H24N2O4S/c1-3-15(2)21-26(23,24)18-11-9-16(10-12-18)19(22)20-13-14-25-17-7-5-4-6-8-17/h4-12,15,21H,3,13-14H2,1-2H3,(H,20,22). The van der Waals surface area contributed by atoms with E-state index in [0.717, 1.165) is 5.75 Å². The molecule has 140 valence electrons. The molecule has 0 heterocycles. The van der Waals surface area contributed by atoms with Gasteiger partial charge >= 0.3 is 0 Å². The first-order valence-electron chi connectivity index (χ1n) is 8.51. The molecule has 0 radical (unpaired) electrons. The van der Waals surface area contributed by atoms with Gasteiger partial charge < -0.3 is 10.1 Å². The topological polar surface area (TPSA) is 84.5 Å². The molecule has 0 bridgehead atoms. The molecule has 0 aliphatic rings. The summed E-state index contributed by atoms with van der Waals surface area (Å²) in [6.45, 7) is 4.41. The van der Waals surface area contributed by atoms with Crippen LogP contribution < -0.4 is 14.8 Å². The van der Waals surface area contributed by atoms with Crippen molar-refractivity contribution in [2.75, 3.05) is 13.2 Å². The number of carbonyl (C=O) groups is 1. The van der Waals surface area contributed by atoms with Gasteiger partial charge in [0, 0.05) is 11.6 Å². The van der Waals surface area contributed by atoms with E-state index in [0.29, 0.717) is 25.1 Å². The van der Waals surface area contributed by atoms with Gasteiger partial charge in [0.05, 0.1) is 11.4 Å². The number of para-hydroxylation sites is 1. The maximum Gasteiger partial charge on any atom is 0.251 e. The Balaban J connectivity index is 1.86. The van der Waals surface area contributed by atoms with Gasteiger partial charge in [0.1, 0.15) is 12.4 Å². The van der Waals surface area contributed by atoms with E-state index < -0.39 is 10.0 Å². The summed E-state index contributed by atoms with van der Waals surface area (Å²) in [6, 6.07) is 15.0. The minimum absolute atomic E-state index is 0.141. The highest BCUT2D eigenvalue weighted by Gasteiger charge is 2.17. The number of carbonyl (C=O) groups excluding carboxylic acids is 1. The molecule has 2 aromatic rings. The van der Waals surface area contributed by atoms with Gasteiger partial charge in [0.15, 0.2) is 0 Å². The van der Waals surface area contributed by atoms with Gasteiger partial charge in [0.2, 0.25) is 10.0 Å². The van der Waals surface area contributed by atoms with Crippen LogP contribution in [0.3, 0.4) is 0 Å². The predicted molar refractivity (Wildman–Crippen MR) is 101 cm³/mol. The zero-order chi connectivity index (χ0) is 19.0. The van der Waals surface area contributed by atoms with E-state index in [1.54, 1.807) is 6.92 Å². The summed E-state index contributed by atoms with van der Waals surface area (Å²) in [6.07, 6.45) is 0.699. The fourth-order valence-corrected chi connectivity index (χ4v) is 3.48. The molecule has 1 unspecified atom stereocenters. The van der Waals surface area contributed by atoms with Crippen molar-refractivity contribution in [3.8, 4) is 5.75 Å². The van der Waals surface area contributed by atoms with Crippen LogP contribution in [-0.4, -0.2) is 33.5 Å². The van der Waals surface area contributed by atoms with Gasteiger partial charge in [0.25, 0.3) is 5.91 Å². The minimum atomic E-state index is -3.57. The average molecular weight is 376 g/mol. The molecular weight excluding hydrogens is 352 g/mol. The number of rotatable bonds is 9. The van der Waals surface area contributed by atoms with E-state index in [4.69, 9.17) is 4.74 Å². The lowest BCUT2D eigenvalue weighted by Gasteiger charge is -2.12. The van der Waals surface area contributed by atoms with E-state index in [-0.39, 0.29) is 16.8 Å². The molecule has 0 aliphatic heterocycles. The molecule has 0 aromatic heterocycles.